The monoisotopic (exact) mass is 440 g/mol. The van der Waals surface area contributed by atoms with Gasteiger partial charge in [-0.1, -0.05) is 104 Å². The molecule has 166 valence electrons. The van der Waals surface area contributed by atoms with E-state index >= 15 is 0 Å². The molecular weight excluding hydrogens is 412 g/mol. The van der Waals surface area contributed by atoms with Gasteiger partial charge in [-0.3, -0.25) is 0 Å². The van der Waals surface area contributed by atoms with Crippen LogP contribution in [0.1, 0.15) is 19.4 Å². The standard InChI is InChI=1S/C31H22O.C2H6/c1-21-12-14-22(15-13-21)23-6-4-7-24(18-23)25-8-5-9-26(19-25)27-16-17-29-28-10-2-3-11-30(28)32-31(29)20-27;1-2/h2-20H,1H3;1-2H3. The van der Waals surface area contributed by atoms with Gasteiger partial charge in [0.1, 0.15) is 11.2 Å². The highest BCUT2D eigenvalue weighted by molar-refractivity contribution is 6.05. The quantitative estimate of drug-likeness (QED) is 0.267. The predicted molar refractivity (Wildman–Crippen MR) is 146 cm³/mol. The molecule has 1 nitrogen and oxygen atoms in total. The van der Waals surface area contributed by atoms with Crippen LogP contribution >= 0.6 is 0 Å². The van der Waals surface area contributed by atoms with Gasteiger partial charge in [-0.05, 0) is 70.6 Å². The van der Waals surface area contributed by atoms with E-state index in [0.717, 1.165) is 27.5 Å². The van der Waals surface area contributed by atoms with Gasteiger partial charge in [-0.2, -0.15) is 0 Å². The molecule has 0 bridgehead atoms. The van der Waals surface area contributed by atoms with E-state index in [1.165, 1.54) is 33.4 Å². The number of hydrogen-bond donors (Lipinski definition) is 0. The minimum Gasteiger partial charge on any atom is -0.456 e. The molecule has 0 N–H and O–H groups in total. The fraction of sp³-hybridized carbons (Fsp3) is 0.0909. The van der Waals surface area contributed by atoms with Gasteiger partial charge in [0.05, 0.1) is 0 Å². The van der Waals surface area contributed by atoms with Crippen molar-refractivity contribution in [1.29, 1.82) is 0 Å². The Bertz CT molecular complexity index is 1570. The van der Waals surface area contributed by atoms with Gasteiger partial charge in [0.15, 0.2) is 0 Å². The first-order valence-corrected chi connectivity index (χ1v) is 11.9. The molecule has 0 fully saturated rings. The van der Waals surface area contributed by atoms with Crippen molar-refractivity contribution in [3.63, 3.8) is 0 Å². The van der Waals surface area contributed by atoms with E-state index in [9.17, 15) is 0 Å². The fourth-order valence-electron chi connectivity index (χ4n) is 4.41. The van der Waals surface area contributed by atoms with Crippen LogP contribution in [0.15, 0.2) is 120 Å². The Balaban J connectivity index is 0.00000117. The first-order valence-electron chi connectivity index (χ1n) is 11.9. The van der Waals surface area contributed by atoms with Gasteiger partial charge >= 0.3 is 0 Å². The molecule has 34 heavy (non-hydrogen) atoms. The highest BCUT2D eigenvalue weighted by Gasteiger charge is 2.09. The van der Waals surface area contributed by atoms with E-state index in [2.05, 4.69) is 110 Å². The molecule has 0 amide bonds. The number of fused-ring (bicyclic) bond motifs is 3. The number of para-hydroxylation sites is 1. The highest BCUT2D eigenvalue weighted by atomic mass is 16.3. The summed E-state index contributed by atoms with van der Waals surface area (Å²) >= 11 is 0. The largest absolute Gasteiger partial charge is 0.456 e. The van der Waals surface area contributed by atoms with E-state index in [4.69, 9.17) is 4.42 Å². The smallest absolute Gasteiger partial charge is 0.136 e. The molecule has 0 atom stereocenters. The molecule has 5 aromatic carbocycles. The van der Waals surface area contributed by atoms with Crippen LogP contribution < -0.4 is 0 Å². The second kappa shape index (κ2) is 9.41. The van der Waals surface area contributed by atoms with Gasteiger partial charge < -0.3 is 4.42 Å². The first kappa shape index (κ1) is 21.7. The van der Waals surface area contributed by atoms with Crippen molar-refractivity contribution in [3.05, 3.63) is 121 Å². The summed E-state index contributed by atoms with van der Waals surface area (Å²) in [4.78, 5) is 0. The molecule has 6 aromatic rings. The van der Waals surface area contributed by atoms with Gasteiger partial charge in [0.2, 0.25) is 0 Å². The van der Waals surface area contributed by atoms with E-state index in [1.54, 1.807) is 0 Å². The number of benzene rings is 5. The van der Waals surface area contributed by atoms with Gasteiger partial charge in [0.25, 0.3) is 0 Å². The average molecular weight is 441 g/mol. The van der Waals surface area contributed by atoms with Crippen molar-refractivity contribution >= 4 is 21.9 Å². The molecule has 0 aliphatic rings. The third-order valence-corrected chi connectivity index (χ3v) is 6.16. The van der Waals surface area contributed by atoms with Gasteiger partial charge in [-0.25, -0.2) is 0 Å². The van der Waals surface area contributed by atoms with Crippen molar-refractivity contribution in [1.82, 2.24) is 0 Å². The van der Waals surface area contributed by atoms with Crippen LogP contribution in [-0.4, -0.2) is 0 Å². The minimum absolute atomic E-state index is 0.926. The van der Waals surface area contributed by atoms with Crippen LogP contribution in [0.4, 0.5) is 0 Å². The van der Waals surface area contributed by atoms with Crippen LogP contribution in [0.2, 0.25) is 0 Å². The summed E-state index contributed by atoms with van der Waals surface area (Å²) in [5.41, 5.74) is 10.4. The third kappa shape index (κ3) is 4.13. The Morgan fingerprint density at radius 2 is 0.912 bits per heavy atom. The molecule has 0 saturated carbocycles. The zero-order valence-corrected chi connectivity index (χ0v) is 19.9. The highest BCUT2D eigenvalue weighted by Crippen LogP contribution is 2.34. The lowest BCUT2D eigenvalue weighted by Gasteiger charge is -2.09. The molecule has 0 radical (unpaired) electrons. The lowest BCUT2D eigenvalue weighted by atomic mass is 9.96. The summed E-state index contributed by atoms with van der Waals surface area (Å²) in [5, 5.41) is 2.32. The number of aryl methyl sites for hydroxylation is 1. The van der Waals surface area contributed by atoms with Crippen molar-refractivity contribution < 1.29 is 4.42 Å². The molecule has 0 spiro atoms. The molecule has 1 aromatic heterocycles. The Morgan fingerprint density at radius 3 is 1.56 bits per heavy atom. The normalized spacial score (nSPS) is 10.8. The summed E-state index contributed by atoms with van der Waals surface area (Å²) in [5.74, 6) is 0. The molecule has 1 heterocycles. The Hall–Kier alpha value is -4.10. The van der Waals surface area contributed by atoms with Crippen molar-refractivity contribution in [2.24, 2.45) is 0 Å². The topological polar surface area (TPSA) is 13.1 Å². The summed E-state index contributed by atoms with van der Waals surface area (Å²) < 4.78 is 6.10. The zero-order chi connectivity index (χ0) is 23.5. The number of hydrogen-bond acceptors (Lipinski definition) is 1. The molecule has 0 aliphatic heterocycles. The minimum atomic E-state index is 0.926. The molecule has 0 aliphatic carbocycles. The summed E-state index contributed by atoms with van der Waals surface area (Å²) in [6.07, 6.45) is 0. The third-order valence-electron chi connectivity index (χ3n) is 6.16. The molecule has 6 rings (SSSR count). The van der Waals surface area contributed by atoms with Crippen LogP contribution in [-0.2, 0) is 0 Å². The van der Waals surface area contributed by atoms with E-state index in [-0.39, 0.29) is 0 Å². The summed E-state index contributed by atoms with van der Waals surface area (Å²) in [6.45, 7) is 6.12. The van der Waals surface area contributed by atoms with Crippen molar-refractivity contribution in [3.8, 4) is 33.4 Å². The van der Waals surface area contributed by atoms with E-state index in [0.29, 0.717) is 0 Å². The van der Waals surface area contributed by atoms with Gasteiger partial charge in [0, 0.05) is 10.8 Å². The van der Waals surface area contributed by atoms with Crippen LogP contribution in [0.3, 0.4) is 0 Å². The summed E-state index contributed by atoms with van der Waals surface area (Å²) in [7, 11) is 0. The van der Waals surface area contributed by atoms with Crippen LogP contribution in [0.25, 0.3) is 55.3 Å². The van der Waals surface area contributed by atoms with Gasteiger partial charge in [-0.15, -0.1) is 0 Å². The van der Waals surface area contributed by atoms with Crippen molar-refractivity contribution in [2.75, 3.05) is 0 Å². The maximum absolute atomic E-state index is 6.10. The second-order valence-corrected chi connectivity index (χ2v) is 8.34. The summed E-state index contributed by atoms with van der Waals surface area (Å²) in [6, 6.07) is 40.9. The average Bonchev–Trinajstić information content (AvgIpc) is 3.28. The zero-order valence-electron chi connectivity index (χ0n) is 19.9. The predicted octanol–water partition coefficient (Wildman–Crippen LogP) is 9.92. The molecule has 0 unspecified atom stereocenters. The lowest BCUT2D eigenvalue weighted by Crippen LogP contribution is -1.84. The molecular formula is C33H28O. The van der Waals surface area contributed by atoms with Crippen LogP contribution in [0, 0.1) is 6.92 Å². The second-order valence-electron chi connectivity index (χ2n) is 8.34. The maximum atomic E-state index is 6.10. The number of furan rings is 1. The van der Waals surface area contributed by atoms with Crippen LogP contribution in [0.5, 0.6) is 0 Å². The number of rotatable bonds is 3. The fourth-order valence-corrected chi connectivity index (χ4v) is 4.41. The van der Waals surface area contributed by atoms with E-state index in [1.807, 2.05) is 26.0 Å². The first-order chi connectivity index (χ1) is 16.7. The molecule has 0 saturated heterocycles. The maximum Gasteiger partial charge on any atom is 0.136 e. The van der Waals surface area contributed by atoms with E-state index < -0.39 is 0 Å². The molecule has 1 heteroatoms. The SMILES string of the molecule is CC.Cc1ccc(-c2cccc(-c3cccc(-c4ccc5c(c4)oc4ccccc45)c3)c2)cc1. The Kier molecular flexibility index (Phi) is 6.01. The van der Waals surface area contributed by atoms with Crippen molar-refractivity contribution in [2.45, 2.75) is 20.8 Å². The lowest BCUT2D eigenvalue weighted by molar-refractivity contribution is 0.669. The Morgan fingerprint density at radius 1 is 0.412 bits per heavy atom. The Labute approximate surface area is 201 Å².